The monoisotopic (exact) mass is 641 g/mol. The normalized spacial score (nSPS) is 14.4. The summed E-state index contributed by atoms with van der Waals surface area (Å²) in [5.74, 6) is 0.582. The molecule has 0 saturated carbocycles. The summed E-state index contributed by atoms with van der Waals surface area (Å²) in [7, 11) is -8.00. The average Bonchev–Trinajstić information content (AvgIpc) is 2.95. The third-order valence-corrected chi connectivity index (χ3v) is 9.28. The molecule has 2 amide bonds. The number of carbonyl (C=O) groups excluding carboxylic acids is 1. The summed E-state index contributed by atoms with van der Waals surface area (Å²) in [4.78, 5) is 17.0. The van der Waals surface area contributed by atoms with Crippen LogP contribution in [0.1, 0.15) is 42.9 Å². The van der Waals surface area contributed by atoms with Crippen LogP contribution in [0.5, 0.6) is 0 Å². The Morgan fingerprint density at radius 2 is 1.57 bits per heavy atom. The highest BCUT2D eigenvalue weighted by Crippen LogP contribution is 2.24. The zero-order chi connectivity index (χ0) is 31.9. The molecule has 0 atom stereocenters. The molecule has 7 N–H and O–H groups in total. The lowest BCUT2D eigenvalue weighted by molar-refractivity contribution is 0.220. The van der Waals surface area contributed by atoms with E-state index in [2.05, 4.69) is 22.5 Å². The number of anilines is 2. The molecule has 0 aromatic heterocycles. The molecule has 1 aliphatic rings. The molecule has 0 radical (unpaired) electrons. The number of nitrogens with one attached hydrogen (secondary N) is 3. The highest BCUT2D eigenvalue weighted by molar-refractivity contribution is 7.89. The molecule has 1 heterocycles. The van der Waals surface area contributed by atoms with Gasteiger partial charge >= 0.3 is 6.03 Å². The summed E-state index contributed by atoms with van der Waals surface area (Å²) in [6.07, 6.45) is 3.67. The van der Waals surface area contributed by atoms with Crippen molar-refractivity contribution in [2.24, 2.45) is 10.3 Å². The van der Waals surface area contributed by atoms with Gasteiger partial charge in [-0.2, -0.15) is 0 Å². The molecule has 1 saturated heterocycles. The fourth-order valence-corrected chi connectivity index (χ4v) is 6.37. The van der Waals surface area contributed by atoms with Gasteiger partial charge in [0.05, 0.1) is 16.3 Å². The highest BCUT2D eigenvalue weighted by atomic mass is 32.2. The number of amidine groups is 1. The molecule has 0 aliphatic carbocycles. The molecule has 44 heavy (non-hydrogen) atoms. The van der Waals surface area contributed by atoms with E-state index in [4.69, 9.17) is 15.7 Å². The minimum atomic E-state index is -4.15. The first-order valence-corrected chi connectivity index (χ1v) is 17.4. The van der Waals surface area contributed by atoms with Crippen LogP contribution < -0.4 is 20.9 Å². The van der Waals surface area contributed by atoms with Crippen LogP contribution in [0.3, 0.4) is 0 Å². The maximum atomic E-state index is 12.8. The first-order chi connectivity index (χ1) is 20.8. The van der Waals surface area contributed by atoms with Gasteiger partial charge in [-0.3, -0.25) is 10.3 Å². The van der Waals surface area contributed by atoms with Crippen LogP contribution >= 0.6 is 0 Å². The summed E-state index contributed by atoms with van der Waals surface area (Å²) in [5, 5.41) is 24.5. The van der Waals surface area contributed by atoms with Gasteiger partial charge in [0.1, 0.15) is 5.84 Å². The van der Waals surface area contributed by atoms with Crippen LogP contribution in [0, 0.1) is 5.41 Å². The Morgan fingerprint density at radius 3 is 2.20 bits per heavy atom. The van der Waals surface area contributed by atoms with E-state index < -0.39 is 26.1 Å². The molecule has 3 aromatic carbocycles. The van der Waals surface area contributed by atoms with Crippen LogP contribution in [0.4, 0.5) is 16.2 Å². The number of benzene rings is 3. The number of hydrogen-bond donors (Lipinski definition) is 5. The van der Waals surface area contributed by atoms with Crippen molar-refractivity contribution in [3.05, 3.63) is 83.4 Å². The zero-order valence-corrected chi connectivity index (χ0v) is 26.3. The first kappa shape index (κ1) is 33.1. The molecule has 1 aliphatic heterocycles. The number of hydrogen-bond acceptors (Lipinski definition) is 7. The molecule has 3 aromatic rings. The molecule has 0 unspecified atom stereocenters. The Hall–Kier alpha value is -3.82. The fraction of sp³-hybridized carbons (Fsp3) is 0.333. The number of carbonyl (C=O) groups is 1. The van der Waals surface area contributed by atoms with Gasteiger partial charge in [0, 0.05) is 31.0 Å². The van der Waals surface area contributed by atoms with Crippen molar-refractivity contribution in [3.8, 4) is 0 Å². The Morgan fingerprint density at radius 1 is 0.864 bits per heavy atom. The van der Waals surface area contributed by atoms with Gasteiger partial charge in [-0.05, 0) is 72.5 Å². The largest absolute Gasteiger partial charge is 0.354 e. The van der Waals surface area contributed by atoms with Crippen molar-refractivity contribution < 1.29 is 21.6 Å². The Bertz CT molecular complexity index is 1710. The average molecular weight is 642 g/mol. The number of nitrogens with zero attached hydrogens (tertiary/aromatic N) is 2. The molecule has 14 heteroatoms. The number of amides is 2. The van der Waals surface area contributed by atoms with Crippen LogP contribution in [-0.2, 0) is 33.0 Å². The Balaban J connectivity index is 1.38. The van der Waals surface area contributed by atoms with Gasteiger partial charge in [0.25, 0.3) is 0 Å². The molecule has 0 bridgehead atoms. The summed E-state index contributed by atoms with van der Waals surface area (Å²) in [5.41, 5.74) is 2.74. The quantitative estimate of drug-likeness (QED) is 0.187. The number of primary sulfonamides is 2. The zero-order valence-electron chi connectivity index (χ0n) is 24.6. The SMILES string of the molecule is CCCCCN1CCN(Cc2cccc(NC(=O)Nc3ccc(Cc4ccc(S(N)(=O)=O)cc4)c(S(N)(=O)=O)c3)c2)C(=N)C1. The van der Waals surface area contributed by atoms with Gasteiger partial charge in [-0.15, -0.1) is 0 Å². The molecule has 4 rings (SSSR count). The summed E-state index contributed by atoms with van der Waals surface area (Å²) in [6.45, 7) is 6.07. The second-order valence-corrected chi connectivity index (χ2v) is 14.0. The van der Waals surface area contributed by atoms with E-state index >= 15 is 0 Å². The van der Waals surface area contributed by atoms with E-state index in [-0.39, 0.29) is 21.9 Å². The number of rotatable bonds is 12. The van der Waals surface area contributed by atoms with E-state index in [1.165, 1.54) is 43.2 Å². The third kappa shape index (κ3) is 9.34. The van der Waals surface area contributed by atoms with Crippen LogP contribution in [0.25, 0.3) is 0 Å². The van der Waals surface area contributed by atoms with E-state index in [1.807, 2.05) is 23.1 Å². The second kappa shape index (κ2) is 14.3. The topological polar surface area (TPSA) is 192 Å². The Kier molecular flexibility index (Phi) is 10.8. The van der Waals surface area contributed by atoms with Crippen molar-refractivity contribution in [1.29, 1.82) is 5.41 Å². The van der Waals surface area contributed by atoms with Gasteiger partial charge in [0.2, 0.25) is 20.0 Å². The van der Waals surface area contributed by atoms with E-state index in [0.717, 1.165) is 31.6 Å². The molecule has 0 spiro atoms. The molecule has 12 nitrogen and oxygen atoms in total. The van der Waals surface area contributed by atoms with Crippen LogP contribution in [0.2, 0.25) is 0 Å². The van der Waals surface area contributed by atoms with Crippen molar-refractivity contribution in [1.82, 2.24) is 9.80 Å². The summed E-state index contributed by atoms with van der Waals surface area (Å²) < 4.78 is 47.8. The maximum Gasteiger partial charge on any atom is 0.323 e. The second-order valence-electron chi connectivity index (χ2n) is 10.9. The number of urea groups is 1. The lowest BCUT2D eigenvalue weighted by atomic mass is 10.0. The van der Waals surface area contributed by atoms with Gasteiger partial charge in [0.15, 0.2) is 0 Å². The van der Waals surface area contributed by atoms with Crippen molar-refractivity contribution in [2.45, 2.75) is 48.9 Å². The van der Waals surface area contributed by atoms with Crippen molar-refractivity contribution in [3.63, 3.8) is 0 Å². The maximum absolute atomic E-state index is 12.8. The van der Waals surface area contributed by atoms with Gasteiger partial charge < -0.3 is 15.5 Å². The fourth-order valence-electron chi connectivity index (χ4n) is 5.06. The number of piperazine rings is 1. The highest BCUT2D eigenvalue weighted by Gasteiger charge is 2.21. The van der Waals surface area contributed by atoms with Crippen molar-refractivity contribution in [2.75, 3.05) is 36.8 Å². The molecule has 1 fully saturated rings. The van der Waals surface area contributed by atoms with E-state index in [0.29, 0.717) is 35.7 Å². The van der Waals surface area contributed by atoms with Crippen molar-refractivity contribution >= 4 is 43.3 Å². The molecule has 236 valence electrons. The Labute approximate surface area is 259 Å². The predicted octanol–water partition coefficient (Wildman–Crippen LogP) is 3.50. The van der Waals surface area contributed by atoms with Crippen LogP contribution in [0.15, 0.2) is 76.5 Å². The smallest absolute Gasteiger partial charge is 0.323 e. The number of unbranched alkanes of at least 4 members (excludes halogenated alkanes) is 2. The summed E-state index contributed by atoms with van der Waals surface area (Å²) in [6, 6.07) is 17.0. The first-order valence-electron chi connectivity index (χ1n) is 14.3. The minimum Gasteiger partial charge on any atom is -0.354 e. The lowest BCUT2D eigenvalue weighted by Crippen LogP contribution is -2.49. The van der Waals surface area contributed by atoms with E-state index in [9.17, 15) is 21.6 Å². The standard InChI is InChI=1S/C30H39N7O5S2/c1-2-3-4-14-36-15-16-37(29(31)21-36)20-23-6-5-7-25(18-23)34-30(38)35-26-11-10-24(28(19-26)44(33,41)42)17-22-8-12-27(13-9-22)43(32,39)40/h5-13,18-19,31H,2-4,14-17,20-21H2,1H3,(H2,32,39,40)(H2,33,41,42)(H2,34,35,38). The van der Waals surface area contributed by atoms with Crippen LogP contribution in [-0.4, -0.2) is 64.7 Å². The van der Waals surface area contributed by atoms with Gasteiger partial charge in [-0.1, -0.05) is 50.1 Å². The third-order valence-electron chi connectivity index (χ3n) is 7.36. The number of nitrogens with two attached hydrogens (primary N) is 2. The number of sulfonamides is 2. The van der Waals surface area contributed by atoms with E-state index in [1.54, 1.807) is 18.2 Å². The lowest BCUT2D eigenvalue weighted by Gasteiger charge is -2.36. The molecular weight excluding hydrogens is 603 g/mol. The molecular formula is C30H39N7O5S2. The predicted molar refractivity (Wildman–Crippen MR) is 172 cm³/mol. The minimum absolute atomic E-state index is 0.0560. The van der Waals surface area contributed by atoms with Gasteiger partial charge in [-0.25, -0.2) is 31.9 Å². The summed E-state index contributed by atoms with van der Waals surface area (Å²) >= 11 is 0.